The van der Waals surface area contributed by atoms with Crippen LogP contribution in [0.2, 0.25) is 0 Å². The van der Waals surface area contributed by atoms with E-state index in [4.69, 9.17) is 6.57 Å². The van der Waals surface area contributed by atoms with Crippen LogP contribution >= 0.6 is 0 Å². The Kier molecular flexibility index (Phi) is 2.02. The highest BCUT2D eigenvalue weighted by molar-refractivity contribution is 5.49. The monoisotopic (exact) mass is 167 g/mol. The summed E-state index contributed by atoms with van der Waals surface area (Å²) >= 11 is 0. The molecule has 0 bridgehead atoms. The van der Waals surface area contributed by atoms with Gasteiger partial charge in [-0.05, 0) is 12.8 Å². The van der Waals surface area contributed by atoms with Gasteiger partial charge in [0.15, 0.2) is 5.69 Å². The highest BCUT2D eigenvalue weighted by Gasteiger charge is 2.17. The van der Waals surface area contributed by atoms with E-state index < -0.39 is 0 Å². The van der Waals surface area contributed by atoms with Gasteiger partial charge in [-0.2, -0.15) is 0 Å². The second kappa shape index (κ2) is 3.33. The highest BCUT2D eigenvalue weighted by Crippen LogP contribution is 2.27. The molecule has 0 radical (unpaired) electrons. The van der Waals surface area contributed by atoms with Crippen molar-refractivity contribution in [2.45, 2.75) is 12.8 Å². The molecule has 1 aliphatic carbocycles. The molecular formula is C12H9N. The molecule has 0 N–H and O–H groups in total. The molecule has 0 aliphatic heterocycles. The van der Waals surface area contributed by atoms with Crippen LogP contribution in [0.25, 0.3) is 4.85 Å². The third-order valence-corrected chi connectivity index (χ3v) is 1.99. The minimum absolute atomic E-state index is 0.639. The molecule has 0 unspecified atom stereocenters. The van der Waals surface area contributed by atoms with Crippen molar-refractivity contribution in [2.24, 2.45) is 5.92 Å². The summed E-state index contributed by atoms with van der Waals surface area (Å²) in [6, 6.07) is 7.43. The van der Waals surface area contributed by atoms with Gasteiger partial charge in [0.1, 0.15) is 0 Å². The van der Waals surface area contributed by atoms with Gasteiger partial charge in [0.2, 0.25) is 0 Å². The Morgan fingerprint density at radius 2 is 1.92 bits per heavy atom. The third-order valence-electron chi connectivity index (χ3n) is 1.99. The van der Waals surface area contributed by atoms with Crippen LogP contribution in [0.15, 0.2) is 24.3 Å². The van der Waals surface area contributed by atoms with E-state index in [2.05, 4.69) is 16.7 Å². The molecule has 1 aliphatic rings. The molecular weight excluding hydrogens is 158 g/mol. The molecule has 0 amide bonds. The van der Waals surface area contributed by atoms with E-state index in [-0.39, 0.29) is 0 Å². The van der Waals surface area contributed by atoms with Crippen LogP contribution in [-0.2, 0) is 0 Å². The Balaban J connectivity index is 2.15. The summed E-state index contributed by atoms with van der Waals surface area (Å²) in [6.07, 6.45) is 2.51. The van der Waals surface area contributed by atoms with E-state index in [0.29, 0.717) is 11.6 Å². The average molecular weight is 167 g/mol. The fraction of sp³-hybridized carbons (Fsp3) is 0.250. The van der Waals surface area contributed by atoms with Crippen molar-refractivity contribution in [1.82, 2.24) is 0 Å². The first-order chi connectivity index (χ1) is 6.38. The lowest BCUT2D eigenvalue weighted by Crippen LogP contribution is -1.72. The minimum Gasteiger partial charge on any atom is -0.238 e. The number of nitrogens with zero attached hydrogens (tertiary/aromatic N) is 1. The summed E-state index contributed by atoms with van der Waals surface area (Å²) in [5, 5.41) is 0. The maximum atomic E-state index is 6.78. The molecule has 0 spiro atoms. The minimum atomic E-state index is 0.639. The van der Waals surface area contributed by atoms with Crippen LogP contribution in [-0.4, -0.2) is 0 Å². The van der Waals surface area contributed by atoms with Gasteiger partial charge in [0, 0.05) is 11.5 Å². The highest BCUT2D eigenvalue weighted by atomic mass is 14.6. The van der Waals surface area contributed by atoms with E-state index in [1.165, 1.54) is 12.8 Å². The Morgan fingerprint density at radius 1 is 1.23 bits per heavy atom. The number of rotatable bonds is 0. The number of hydrogen-bond acceptors (Lipinski definition) is 0. The van der Waals surface area contributed by atoms with Gasteiger partial charge in [-0.1, -0.05) is 36.1 Å². The smallest absolute Gasteiger partial charge is 0.187 e. The maximum absolute atomic E-state index is 6.78. The zero-order valence-electron chi connectivity index (χ0n) is 7.25. The SMILES string of the molecule is [C-]#[N+]c1ccc(C#CC2CC2)cc1. The van der Waals surface area contributed by atoms with Gasteiger partial charge in [0.05, 0.1) is 6.57 Å². The lowest BCUT2D eigenvalue weighted by Gasteiger charge is -1.89. The predicted octanol–water partition coefficient (Wildman–Crippen LogP) is 3.00. The van der Waals surface area contributed by atoms with Crippen molar-refractivity contribution < 1.29 is 0 Å². The van der Waals surface area contributed by atoms with Gasteiger partial charge < -0.3 is 0 Å². The Morgan fingerprint density at radius 3 is 2.46 bits per heavy atom. The first-order valence-electron chi connectivity index (χ1n) is 4.37. The van der Waals surface area contributed by atoms with Crippen molar-refractivity contribution in [2.75, 3.05) is 0 Å². The topological polar surface area (TPSA) is 4.36 Å². The molecule has 0 atom stereocenters. The van der Waals surface area contributed by atoms with Gasteiger partial charge in [-0.15, -0.1) is 0 Å². The standard InChI is InChI=1S/C12H9N/c1-13-12-8-6-11(7-9-12)5-4-10-2-3-10/h6-10H,2-3H2. The molecule has 1 heteroatoms. The molecule has 1 saturated carbocycles. The summed E-state index contributed by atoms with van der Waals surface area (Å²) in [5.74, 6) is 6.93. The summed E-state index contributed by atoms with van der Waals surface area (Å²) in [7, 11) is 0. The van der Waals surface area contributed by atoms with E-state index in [9.17, 15) is 0 Å². The lowest BCUT2D eigenvalue weighted by molar-refractivity contribution is 1.18. The summed E-state index contributed by atoms with van der Waals surface area (Å²) in [4.78, 5) is 3.32. The maximum Gasteiger partial charge on any atom is 0.187 e. The Hall–Kier alpha value is -1.73. The quantitative estimate of drug-likeness (QED) is 0.413. The van der Waals surface area contributed by atoms with Crippen molar-refractivity contribution in [3.05, 3.63) is 41.2 Å². The molecule has 2 rings (SSSR count). The summed E-state index contributed by atoms with van der Waals surface area (Å²) in [6.45, 7) is 6.78. The van der Waals surface area contributed by atoms with E-state index in [0.717, 1.165) is 5.56 Å². The van der Waals surface area contributed by atoms with Crippen LogP contribution in [0, 0.1) is 24.3 Å². The second-order valence-electron chi connectivity index (χ2n) is 3.20. The number of hydrogen-bond donors (Lipinski definition) is 0. The van der Waals surface area contributed by atoms with Gasteiger partial charge >= 0.3 is 0 Å². The first-order valence-corrected chi connectivity index (χ1v) is 4.37. The number of benzene rings is 1. The summed E-state index contributed by atoms with van der Waals surface area (Å²) < 4.78 is 0. The van der Waals surface area contributed by atoms with E-state index >= 15 is 0 Å². The predicted molar refractivity (Wildman–Crippen MR) is 52.3 cm³/mol. The molecule has 0 heterocycles. The van der Waals surface area contributed by atoms with Crippen LogP contribution < -0.4 is 0 Å². The molecule has 1 fully saturated rings. The molecule has 0 saturated heterocycles. The Bertz CT molecular complexity index is 393. The van der Waals surface area contributed by atoms with E-state index in [1.807, 2.05) is 24.3 Å². The average Bonchev–Trinajstić information content (AvgIpc) is 2.99. The molecule has 1 aromatic rings. The van der Waals surface area contributed by atoms with Crippen molar-refractivity contribution in [1.29, 1.82) is 0 Å². The largest absolute Gasteiger partial charge is 0.238 e. The second-order valence-corrected chi connectivity index (χ2v) is 3.20. The van der Waals surface area contributed by atoms with Crippen molar-refractivity contribution in [3.8, 4) is 11.8 Å². The van der Waals surface area contributed by atoms with Crippen LogP contribution in [0.3, 0.4) is 0 Å². The molecule has 1 aromatic carbocycles. The van der Waals surface area contributed by atoms with E-state index in [1.54, 1.807) is 0 Å². The van der Waals surface area contributed by atoms with Crippen LogP contribution in [0.5, 0.6) is 0 Å². The molecule has 13 heavy (non-hydrogen) atoms. The van der Waals surface area contributed by atoms with Crippen molar-refractivity contribution in [3.63, 3.8) is 0 Å². The zero-order chi connectivity index (χ0) is 9.10. The van der Waals surface area contributed by atoms with Crippen LogP contribution in [0.1, 0.15) is 18.4 Å². The fourth-order valence-corrected chi connectivity index (χ4v) is 1.03. The Labute approximate surface area is 78.2 Å². The van der Waals surface area contributed by atoms with Gasteiger partial charge in [-0.3, -0.25) is 0 Å². The summed E-state index contributed by atoms with van der Waals surface area (Å²) in [5.41, 5.74) is 1.69. The molecule has 1 nitrogen and oxygen atoms in total. The fourth-order valence-electron chi connectivity index (χ4n) is 1.03. The van der Waals surface area contributed by atoms with Gasteiger partial charge in [-0.25, -0.2) is 4.85 Å². The lowest BCUT2D eigenvalue weighted by atomic mass is 10.2. The molecule has 62 valence electrons. The zero-order valence-corrected chi connectivity index (χ0v) is 7.25. The molecule has 0 aromatic heterocycles. The normalized spacial score (nSPS) is 14.1. The van der Waals surface area contributed by atoms with Crippen molar-refractivity contribution >= 4 is 5.69 Å². The van der Waals surface area contributed by atoms with Gasteiger partial charge in [0.25, 0.3) is 0 Å². The van der Waals surface area contributed by atoms with Crippen LogP contribution in [0.4, 0.5) is 5.69 Å². The third kappa shape index (κ3) is 2.10. The first kappa shape index (κ1) is 7.90.